The van der Waals surface area contributed by atoms with Gasteiger partial charge in [0.1, 0.15) is 5.54 Å². The second-order valence-electron chi connectivity index (χ2n) is 4.04. The molecule has 0 radical (unpaired) electrons. The molecular weight excluding hydrogens is 210 g/mol. The zero-order chi connectivity index (χ0) is 10.2. The molecule has 0 aliphatic carbocycles. The first-order valence-corrected chi connectivity index (χ1v) is 4.99. The van der Waals surface area contributed by atoms with Crippen molar-refractivity contribution in [1.29, 1.82) is 0 Å². The first-order chi connectivity index (χ1) is 6.64. The van der Waals surface area contributed by atoms with E-state index < -0.39 is 5.54 Å². The Morgan fingerprint density at radius 1 is 1.33 bits per heavy atom. The van der Waals surface area contributed by atoms with Crippen molar-refractivity contribution < 1.29 is 4.79 Å². The van der Waals surface area contributed by atoms with Gasteiger partial charge < -0.3 is 5.32 Å². The zero-order valence-electron chi connectivity index (χ0n) is 9.04. The molecule has 3 heteroatoms. The van der Waals surface area contributed by atoms with Crippen molar-refractivity contribution >= 4 is 18.2 Å². The van der Waals surface area contributed by atoms with Gasteiger partial charge in [-0.1, -0.05) is 24.3 Å². The highest BCUT2D eigenvalue weighted by Crippen LogP contribution is 2.29. The van der Waals surface area contributed by atoms with E-state index in [1.807, 2.05) is 38.1 Å². The summed E-state index contributed by atoms with van der Waals surface area (Å²) in [6.45, 7) is 4.82. The van der Waals surface area contributed by atoms with Crippen molar-refractivity contribution in [3.8, 4) is 0 Å². The Morgan fingerprint density at radius 2 is 2.00 bits per heavy atom. The number of hydrogen-bond donors (Lipinski definition) is 1. The molecule has 15 heavy (non-hydrogen) atoms. The van der Waals surface area contributed by atoms with Gasteiger partial charge in [-0.15, -0.1) is 12.4 Å². The Bertz CT molecular complexity index is 378. The predicted molar refractivity (Wildman–Crippen MR) is 63.4 cm³/mol. The van der Waals surface area contributed by atoms with E-state index in [9.17, 15) is 4.79 Å². The molecule has 0 spiro atoms. The molecule has 1 N–H and O–H groups in total. The summed E-state index contributed by atoms with van der Waals surface area (Å²) >= 11 is 0. The fourth-order valence-corrected chi connectivity index (χ4v) is 2.15. The van der Waals surface area contributed by atoms with E-state index in [1.165, 1.54) is 5.56 Å². The molecule has 1 aliphatic heterocycles. The summed E-state index contributed by atoms with van der Waals surface area (Å²) in [5, 5.41) is 3.29. The second kappa shape index (κ2) is 4.33. The number of rotatable bonds is 1. The van der Waals surface area contributed by atoms with Crippen LogP contribution in [-0.2, 0) is 10.3 Å². The minimum Gasteiger partial charge on any atom is -0.301 e. The first-order valence-electron chi connectivity index (χ1n) is 4.99. The highest BCUT2D eigenvalue weighted by Gasteiger charge is 2.39. The molecule has 0 amide bonds. The van der Waals surface area contributed by atoms with Gasteiger partial charge in [0.15, 0.2) is 5.78 Å². The zero-order valence-corrected chi connectivity index (χ0v) is 9.86. The van der Waals surface area contributed by atoms with Crippen LogP contribution in [0.3, 0.4) is 0 Å². The summed E-state index contributed by atoms with van der Waals surface area (Å²) in [5.74, 6) is 0.298. The van der Waals surface area contributed by atoms with Crippen molar-refractivity contribution in [2.45, 2.75) is 25.8 Å². The molecule has 1 aliphatic rings. The lowest BCUT2D eigenvalue weighted by molar-refractivity contribution is -0.122. The third-order valence-corrected chi connectivity index (χ3v) is 3.07. The normalized spacial score (nSPS) is 25.1. The molecule has 2 rings (SSSR count). The van der Waals surface area contributed by atoms with Gasteiger partial charge in [-0.25, -0.2) is 0 Å². The molecule has 82 valence electrons. The summed E-state index contributed by atoms with van der Waals surface area (Å²) < 4.78 is 0. The molecule has 0 aromatic heterocycles. The van der Waals surface area contributed by atoms with Gasteiger partial charge in [0.2, 0.25) is 0 Å². The van der Waals surface area contributed by atoms with Crippen LogP contribution in [0.4, 0.5) is 0 Å². The number of carbonyl (C=O) groups is 1. The third kappa shape index (κ3) is 1.92. The molecule has 1 atom stereocenters. The maximum Gasteiger partial charge on any atom is 0.158 e. The number of halogens is 1. The molecule has 1 heterocycles. The van der Waals surface area contributed by atoms with Crippen LogP contribution in [0.15, 0.2) is 24.3 Å². The summed E-state index contributed by atoms with van der Waals surface area (Å²) in [7, 11) is 0. The lowest BCUT2D eigenvalue weighted by atomic mass is 9.86. The van der Waals surface area contributed by atoms with Crippen molar-refractivity contribution in [3.05, 3.63) is 35.4 Å². The SMILES string of the molecule is Cc1ccccc1C1(C)NCCC1=O.Cl. The van der Waals surface area contributed by atoms with Crippen molar-refractivity contribution in [1.82, 2.24) is 5.32 Å². The van der Waals surface area contributed by atoms with Gasteiger partial charge >= 0.3 is 0 Å². The van der Waals surface area contributed by atoms with Crippen LogP contribution in [0, 0.1) is 6.92 Å². The molecule has 1 saturated heterocycles. The van der Waals surface area contributed by atoms with Gasteiger partial charge in [-0.05, 0) is 25.0 Å². The van der Waals surface area contributed by atoms with Crippen LogP contribution < -0.4 is 5.32 Å². The maximum absolute atomic E-state index is 11.8. The minimum absolute atomic E-state index is 0. The summed E-state index contributed by atoms with van der Waals surface area (Å²) in [4.78, 5) is 11.8. The molecule has 2 nitrogen and oxygen atoms in total. The van der Waals surface area contributed by atoms with Crippen LogP contribution >= 0.6 is 12.4 Å². The average Bonchev–Trinajstić information content (AvgIpc) is 2.49. The third-order valence-electron chi connectivity index (χ3n) is 3.07. The second-order valence-corrected chi connectivity index (χ2v) is 4.04. The number of hydrogen-bond acceptors (Lipinski definition) is 2. The highest BCUT2D eigenvalue weighted by atomic mass is 35.5. The van der Waals surface area contributed by atoms with Crippen LogP contribution in [0.1, 0.15) is 24.5 Å². The van der Waals surface area contributed by atoms with Crippen LogP contribution in [0.5, 0.6) is 0 Å². The van der Waals surface area contributed by atoms with Crippen LogP contribution in [-0.4, -0.2) is 12.3 Å². The van der Waals surface area contributed by atoms with Crippen LogP contribution in [0.2, 0.25) is 0 Å². The van der Waals surface area contributed by atoms with Crippen molar-refractivity contribution in [3.63, 3.8) is 0 Å². The first kappa shape index (κ1) is 12.2. The fraction of sp³-hybridized carbons (Fsp3) is 0.417. The Kier molecular flexibility index (Phi) is 3.53. The lowest BCUT2D eigenvalue weighted by Gasteiger charge is -2.25. The average molecular weight is 226 g/mol. The Labute approximate surface area is 96.5 Å². The predicted octanol–water partition coefficient (Wildman–Crippen LogP) is 2.19. The number of carbonyl (C=O) groups excluding carboxylic acids is 1. The number of ketones is 1. The van der Waals surface area contributed by atoms with E-state index in [0.29, 0.717) is 12.2 Å². The molecule has 1 aromatic carbocycles. The number of nitrogens with one attached hydrogen (secondary N) is 1. The monoisotopic (exact) mass is 225 g/mol. The Morgan fingerprint density at radius 3 is 2.53 bits per heavy atom. The quantitative estimate of drug-likeness (QED) is 0.794. The molecule has 0 saturated carbocycles. The Balaban J connectivity index is 0.00000112. The minimum atomic E-state index is -0.453. The van der Waals surface area contributed by atoms with E-state index in [4.69, 9.17) is 0 Å². The molecule has 0 bridgehead atoms. The summed E-state index contributed by atoms with van der Waals surface area (Å²) in [6, 6.07) is 8.07. The van der Waals surface area contributed by atoms with Crippen LogP contribution in [0.25, 0.3) is 0 Å². The number of aryl methyl sites for hydroxylation is 1. The standard InChI is InChI=1S/C12H15NO.ClH/c1-9-5-3-4-6-10(9)12(2)11(14)7-8-13-12;/h3-6,13H,7-8H2,1-2H3;1H. The largest absolute Gasteiger partial charge is 0.301 e. The number of Topliss-reactive ketones (excluding diaryl/α,β-unsaturated/α-hetero) is 1. The smallest absolute Gasteiger partial charge is 0.158 e. The molecule has 1 fully saturated rings. The summed E-state index contributed by atoms with van der Waals surface area (Å²) in [6.07, 6.45) is 0.644. The van der Waals surface area contributed by atoms with Gasteiger partial charge in [-0.2, -0.15) is 0 Å². The highest BCUT2D eigenvalue weighted by molar-refractivity contribution is 5.91. The van der Waals surface area contributed by atoms with E-state index in [1.54, 1.807) is 0 Å². The van der Waals surface area contributed by atoms with E-state index >= 15 is 0 Å². The Hall–Kier alpha value is -0.860. The fourth-order valence-electron chi connectivity index (χ4n) is 2.15. The van der Waals surface area contributed by atoms with E-state index in [2.05, 4.69) is 5.32 Å². The van der Waals surface area contributed by atoms with Gasteiger partial charge in [0.25, 0.3) is 0 Å². The molecule has 1 unspecified atom stereocenters. The summed E-state index contributed by atoms with van der Waals surface area (Å²) in [5.41, 5.74) is 1.84. The maximum atomic E-state index is 11.8. The van der Waals surface area contributed by atoms with Gasteiger partial charge in [0.05, 0.1) is 0 Å². The van der Waals surface area contributed by atoms with Gasteiger partial charge in [0, 0.05) is 13.0 Å². The molecule has 1 aromatic rings. The van der Waals surface area contributed by atoms with Crippen molar-refractivity contribution in [2.24, 2.45) is 0 Å². The topological polar surface area (TPSA) is 29.1 Å². The lowest BCUT2D eigenvalue weighted by Crippen LogP contribution is -2.39. The van der Waals surface area contributed by atoms with E-state index in [0.717, 1.165) is 12.1 Å². The molecular formula is C12H16ClNO. The van der Waals surface area contributed by atoms with E-state index in [-0.39, 0.29) is 12.4 Å². The van der Waals surface area contributed by atoms with Gasteiger partial charge in [-0.3, -0.25) is 4.79 Å². The van der Waals surface area contributed by atoms with Crippen molar-refractivity contribution in [2.75, 3.05) is 6.54 Å². The number of benzene rings is 1.